The van der Waals surface area contributed by atoms with Gasteiger partial charge in [0.25, 0.3) is 0 Å². The van der Waals surface area contributed by atoms with E-state index in [9.17, 15) is 4.39 Å². The number of halogens is 2. The topological polar surface area (TPSA) is 12.0 Å². The number of rotatable bonds is 5. The van der Waals surface area contributed by atoms with Crippen LogP contribution in [-0.2, 0) is 6.42 Å². The lowest BCUT2D eigenvalue weighted by atomic mass is 9.70. The van der Waals surface area contributed by atoms with Crippen LogP contribution in [0, 0.1) is 17.7 Å². The van der Waals surface area contributed by atoms with Crippen LogP contribution in [0.1, 0.15) is 31.2 Å². The molecule has 0 aromatic heterocycles. The summed E-state index contributed by atoms with van der Waals surface area (Å²) in [7, 11) is 0. The summed E-state index contributed by atoms with van der Waals surface area (Å²) in [5.74, 6) is 1.44. The Bertz CT molecular complexity index is 431. The lowest BCUT2D eigenvalue weighted by Crippen LogP contribution is -2.37. The summed E-state index contributed by atoms with van der Waals surface area (Å²) in [5.41, 5.74) is 1.25. The van der Waals surface area contributed by atoms with E-state index in [-0.39, 0.29) is 5.82 Å². The first-order valence-corrected chi connectivity index (χ1v) is 7.69. The van der Waals surface area contributed by atoms with Gasteiger partial charge in [-0.3, -0.25) is 0 Å². The van der Waals surface area contributed by atoms with E-state index in [4.69, 9.17) is 0 Å². The maximum absolute atomic E-state index is 13.0. The van der Waals surface area contributed by atoms with Crippen LogP contribution in [0.25, 0.3) is 0 Å². The first-order chi connectivity index (χ1) is 8.72. The summed E-state index contributed by atoms with van der Waals surface area (Å²) in [6.45, 7) is 1.17. The third-order valence-electron chi connectivity index (χ3n) is 4.32. The third kappa shape index (κ3) is 2.94. The van der Waals surface area contributed by atoms with Crippen LogP contribution in [-0.4, -0.2) is 12.6 Å². The number of hydrogen-bond acceptors (Lipinski definition) is 1. The Morgan fingerprint density at radius 1 is 1.17 bits per heavy atom. The molecule has 0 radical (unpaired) electrons. The summed E-state index contributed by atoms with van der Waals surface area (Å²) >= 11 is 3.47. The van der Waals surface area contributed by atoms with Crippen molar-refractivity contribution in [2.45, 2.75) is 38.1 Å². The molecule has 1 aromatic carbocycles. The van der Waals surface area contributed by atoms with Crippen molar-refractivity contribution in [2.75, 3.05) is 6.54 Å². The number of benzene rings is 1. The van der Waals surface area contributed by atoms with E-state index in [0.29, 0.717) is 0 Å². The van der Waals surface area contributed by atoms with Crippen LogP contribution >= 0.6 is 15.9 Å². The number of nitrogens with one attached hydrogen (secondary N) is 1. The molecule has 0 spiro atoms. The Morgan fingerprint density at radius 2 is 1.94 bits per heavy atom. The Balaban J connectivity index is 1.54. The summed E-state index contributed by atoms with van der Waals surface area (Å²) in [6, 6.07) is 5.87. The second kappa shape index (κ2) is 5.30. The summed E-state index contributed by atoms with van der Waals surface area (Å²) in [5, 5.41) is 3.63. The molecule has 0 bridgehead atoms. The summed E-state index contributed by atoms with van der Waals surface area (Å²) in [4.78, 5) is 0. The van der Waals surface area contributed by atoms with Gasteiger partial charge in [-0.1, -0.05) is 22.0 Å². The smallest absolute Gasteiger partial charge is 0.124 e. The molecule has 0 amide bonds. The normalized spacial score (nSPS) is 27.0. The zero-order chi connectivity index (χ0) is 12.5. The fourth-order valence-electron chi connectivity index (χ4n) is 2.75. The molecule has 2 unspecified atom stereocenters. The highest BCUT2D eigenvalue weighted by molar-refractivity contribution is 9.10. The van der Waals surface area contributed by atoms with Crippen LogP contribution < -0.4 is 5.32 Å². The lowest BCUT2D eigenvalue weighted by molar-refractivity contribution is 0.170. The van der Waals surface area contributed by atoms with Crippen molar-refractivity contribution in [3.8, 4) is 0 Å². The first-order valence-electron chi connectivity index (χ1n) is 6.89. The van der Waals surface area contributed by atoms with Gasteiger partial charge in [-0.25, -0.2) is 4.39 Å². The maximum Gasteiger partial charge on any atom is 0.124 e. The zero-order valence-corrected chi connectivity index (χ0v) is 12.0. The Hall–Kier alpha value is -0.410. The van der Waals surface area contributed by atoms with E-state index < -0.39 is 0 Å². The van der Waals surface area contributed by atoms with E-state index in [2.05, 4.69) is 21.2 Å². The molecule has 2 fully saturated rings. The molecule has 98 valence electrons. The van der Waals surface area contributed by atoms with Crippen molar-refractivity contribution in [1.29, 1.82) is 0 Å². The van der Waals surface area contributed by atoms with Crippen molar-refractivity contribution in [3.63, 3.8) is 0 Å². The summed E-state index contributed by atoms with van der Waals surface area (Å²) in [6.07, 6.45) is 6.48. The van der Waals surface area contributed by atoms with Crippen LogP contribution in [0.15, 0.2) is 22.7 Å². The van der Waals surface area contributed by atoms with Crippen LogP contribution in [0.3, 0.4) is 0 Å². The molecule has 2 aliphatic rings. The van der Waals surface area contributed by atoms with Gasteiger partial charge in [0.05, 0.1) is 0 Å². The first kappa shape index (κ1) is 12.6. The molecule has 0 saturated heterocycles. The minimum Gasteiger partial charge on any atom is -0.314 e. The molecule has 0 heterocycles. The van der Waals surface area contributed by atoms with Gasteiger partial charge in [-0.05, 0) is 68.2 Å². The molecule has 18 heavy (non-hydrogen) atoms. The average molecular weight is 312 g/mol. The lowest BCUT2D eigenvalue weighted by Gasteiger charge is -2.37. The van der Waals surface area contributed by atoms with Crippen molar-refractivity contribution < 1.29 is 4.39 Å². The molecule has 3 heteroatoms. The van der Waals surface area contributed by atoms with E-state index in [1.807, 2.05) is 6.07 Å². The van der Waals surface area contributed by atoms with Gasteiger partial charge in [0.2, 0.25) is 0 Å². The minimum absolute atomic E-state index is 0.161. The molecule has 3 rings (SSSR count). The second-order valence-corrected chi connectivity index (χ2v) is 6.57. The molecule has 2 saturated carbocycles. The molecular weight excluding hydrogens is 293 g/mol. The highest BCUT2D eigenvalue weighted by Crippen LogP contribution is 2.38. The predicted molar refractivity (Wildman–Crippen MR) is 75.0 cm³/mol. The monoisotopic (exact) mass is 311 g/mol. The fraction of sp³-hybridized carbons (Fsp3) is 0.600. The SMILES string of the molecule is Fc1ccc(CC2CCC2CNC2CC2)c(Br)c1. The standard InChI is InChI=1S/C15H19BrFN/c16-15-8-13(17)4-3-11(15)7-10-1-2-12(10)9-18-14-5-6-14/h3-4,8,10,12,14,18H,1-2,5-7,9H2. The zero-order valence-electron chi connectivity index (χ0n) is 10.5. The Kier molecular flexibility index (Phi) is 3.71. The second-order valence-electron chi connectivity index (χ2n) is 5.72. The molecule has 1 nitrogen and oxygen atoms in total. The van der Waals surface area contributed by atoms with Crippen LogP contribution in [0.2, 0.25) is 0 Å². The van der Waals surface area contributed by atoms with Gasteiger partial charge in [-0.2, -0.15) is 0 Å². The van der Waals surface area contributed by atoms with Crippen LogP contribution in [0.4, 0.5) is 4.39 Å². The molecule has 2 aliphatic carbocycles. The quantitative estimate of drug-likeness (QED) is 0.869. The van der Waals surface area contributed by atoms with Crippen molar-refractivity contribution in [1.82, 2.24) is 5.32 Å². The maximum atomic E-state index is 13.0. The average Bonchev–Trinajstić information content (AvgIpc) is 3.10. The van der Waals surface area contributed by atoms with Crippen molar-refractivity contribution in [3.05, 3.63) is 34.1 Å². The van der Waals surface area contributed by atoms with Gasteiger partial charge in [0, 0.05) is 10.5 Å². The van der Waals surface area contributed by atoms with Crippen molar-refractivity contribution in [2.24, 2.45) is 11.8 Å². The van der Waals surface area contributed by atoms with E-state index >= 15 is 0 Å². The molecular formula is C15H19BrFN. The Labute approximate surface area is 116 Å². The van der Waals surface area contributed by atoms with Gasteiger partial charge in [0.1, 0.15) is 5.82 Å². The molecule has 1 N–H and O–H groups in total. The fourth-order valence-corrected chi connectivity index (χ4v) is 3.26. The minimum atomic E-state index is -0.161. The van der Waals surface area contributed by atoms with E-state index in [1.165, 1.54) is 37.8 Å². The van der Waals surface area contributed by atoms with E-state index in [1.54, 1.807) is 12.1 Å². The van der Waals surface area contributed by atoms with Gasteiger partial charge < -0.3 is 5.32 Å². The predicted octanol–water partition coefficient (Wildman–Crippen LogP) is 3.91. The Morgan fingerprint density at radius 3 is 2.56 bits per heavy atom. The molecule has 1 aromatic rings. The summed E-state index contributed by atoms with van der Waals surface area (Å²) < 4.78 is 14.0. The van der Waals surface area contributed by atoms with Gasteiger partial charge in [0.15, 0.2) is 0 Å². The highest BCUT2D eigenvalue weighted by atomic mass is 79.9. The van der Waals surface area contributed by atoms with Gasteiger partial charge >= 0.3 is 0 Å². The third-order valence-corrected chi connectivity index (χ3v) is 5.06. The van der Waals surface area contributed by atoms with Gasteiger partial charge in [-0.15, -0.1) is 0 Å². The van der Waals surface area contributed by atoms with Crippen molar-refractivity contribution >= 4 is 15.9 Å². The van der Waals surface area contributed by atoms with E-state index in [0.717, 1.165) is 28.8 Å². The highest BCUT2D eigenvalue weighted by Gasteiger charge is 2.32. The van der Waals surface area contributed by atoms with Crippen LogP contribution in [0.5, 0.6) is 0 Å². The molecule has 2 atom stereocenters. The largest absolute Gasteiger partial charge is 0.314 e. The molecule has 0 aliphatic heterocycles. The number of hydrogen-bond donors (Lipinski definition) is 1.